The van der Waals surface area contributed by atoms with E-state index in [0.29, 0.717) is 17.3 Å². The normalized spacial score (nSPS) is 19.5. The van der Waals surface area contributed by atoms with Crippen molar-refractivity contribution >= 4 is 23.2 Å². The van der Waals surface area contributed by atoms with Crippen molar-refractivity contribution in [3.05, 3.63) is 65.2 Å². The van der Waals surface area contributed by atoms with Gasteiger partial charge in [-0.2, -0.15) is 0 Å². The number of hydrogen-bond acceptors (Lipinski definition) is 5. The number of para-hydroxylation sites is 1. The highest BCUT2D eigenvalue weighted by Gasteiger charge is 2.42. The van der Waals surface area contributed by atoms with Gasteiger partial charge in [-0.15, -0.1) is 0 Å². The number of carbonyl (C=O) groups is 3. The highest BCUT2D eigenvalue weighted by Crippen LogP contribution is 2.35. The highest BCUT2D eigenvalue weighted by molar-refractivity contribution is 6.15. The summed E-state index contributed by atoms with van der Waals surface area (Å²) in [6.45, 7) is 1.46. The number of anilines is 1. The lowest BCUT2D eigenvalue weighted by molar-refractivity contribution is -0.133. The molecule has 2 aromatic rings. The summed E-state index contributed by atoms with van der Waals surface area (Å²) >= 11 is 0. The fraction of sp³-hybridized carbons (Fsp3) is 0.286. The molecule has 0 bridgehead atoms. The number of hydrogen-bond donors (Lipinski definition) is 2. The highest BCUT2D eigenvalue weighted by atomic mass is 19.1. The first kappa shape index (κ1) is 20.6. The molecular weight excluding hydrogens is 380 g/mol. The lowest BCUT2D eigenvalue weighted by Crippen LogP contribution is -2.55. The number of amides is 1. The van der Waals surface area contributed by atoms with E-state index < -0.39 is 47.2 Å². The topological polar surface area (TPSA) is 92.5 Å². The van der Waals surface area contributed by atoms with Crippen molar-refractivity contribution in [3.63, 3.8) is 0 Å². The Morgan fingerprint density at radius 1 is 1.17 bits per heavy atom. The van der Waals surface area contributed by atoms with Crippen molar-refractivity contribution in [2.75, 3.05) is 11.9 Å². The molecule has 0 aliphatic carbocycles. The van der Waals surface area contributed by atoms with Gasteiger partial charge in [0, 0.05) is 18.8 Å². The van der Waals surface area contributed by atoms with E-state index >= 15 is 0 Å². The first-order valence-corrected chi connectivity index (χ1v) is 9.08. The molecule has 0 radical (unpaired) electrons. The first-order chi connectivity index (χ1) is 13.7. The van der Waals surface area contributed by atoms with Crippen LogP contribution in [0, 0.1) is 11.6 Å². The van der Waals surface area contributed by atoms with E-state index in [1.807, 2.05) is 0 Å². The molecular formula is C21H21F2N3O3. The lowest BCUT2D eigenvalue weighted by atomic mass is 9.82. The number of likely N-dealkylation sites (N-methyl/N-ethyl adjacent to an activating group) is 1. The summed E-state index contributed by atoms with van der Waals surface area (Å²) < 4.78 is 26.6. The number of nitrogens with zero attached hydrogens (tertiary/aromatic N) is 1. The van der Waals surface area contributed by atoms with Crippen LogP contribution in [-0.4, -0.2) is 36.7 Å². The van der Waals surface area contributed by atoms with Crippen LogP contribution >= 0.6 is 0 Å². The second kappa shape index (κ2) is 8.08. The Morgan fingerprint density at radius 3 is 2.45 bits per heavy atom. The first-order valence-electron chi connectivity index (χ1n) is 9.08. The van der Waals surface area contributed by atoms with Gasteiger partial charge in [0.15, 0.2) is 11.6 Å². The van der Waals surface area contributed by atoms with Gasteiger partial charge in [-0.1, -0.05) is 18.2 Å². The summed E-state index contributed by atoms with van der Waals surface area (Å²) in [7, 11) is 1.67. The van der Waals surface area contributed by atoms with Gasteiger partial charge in [0.25, 0.3) is 0 Å². The molecule has 0 aromatic heterocycles. The lowest BCUT2D eigenvalue weighted by Gasteiger charge is -2.36. The van der Waals surface area contributed by atoms with E-state index in [1.165, 1.54) is 6.92 Å². The third kappa shape index (κ3) is 4.17. The van der Waals surface area contributed by atoms with Crippen LogP contribution in [0.1, 0.15) is 24.0 Å². The van der Waals surface area contributed by atoms with Crippen LogP contribution < -0.4 is 16.0 Å². The van der Waals surface area contributed by atoms with E-state index in [2.05, 4.69) is 5.32 Å². The second-order valence-electron chi connectivity index (χ2n) is 7.10. The van der Waals surface area contributed by atoms with Crippen LogP contribution in [0.4, 0.5) is 14.5 Å². The maximum atomic E-state index is 13.3. The van der Waals surface area contributed by atoms with Gasteiger partial charge >= 0.3 is 0 Å². The molecule has 0 fully saturated rings. The van der Waals surface area contributed by atoms with Crippen molar-refractivity contribution in [1.29, 1.82) is 0 Å². The predicted molar refractivity (Wildman–Crippen MR) is 103 cm³/mol. The molecule has 3 atom stereocenters. The minimum atomic E-state index is -1.10. The molecule has 152 valence electrons. The Hall–Kier alpha value is -3.13. The van der Waals surface area contributed by atoms with Crippen molar-refractivity contribution in [2.24, 2.45) is 5.73 Å². The van der Waals surface area contributed by atoms with E-state index in [0.717, 1.165) is 12.1 Å². The van der Waals surface area contributed by atoms with Crippen LogP contribution in [0.5, 0.6) is 0 Å². The van der Waals surface area contributed by atoms with Gasteiger partial charge in [0.2, 0.25) is 5.91 Å². The van der Waals surface area contributed by atoms with Gasteiger partial charge in [-0.3, -0.25) is 14.4 Å². The zero-order valence-corrected chi connectivity index (χ0v) is 16.0. The number of rotatable bonds is 5. The monoisotopic (exact) mass is 401 g/mol. The zero-order valence-electron chi connectivity index (χ0n) is 16.0. The average molecular weight is 401 g/mol. The van der Waals surface area contributed by atoms with Gasteiger partial charge in [0.05, 0.1) is 12.5 Å². The fourth-order valence-corrected chi connectivity index (χ4v) is 3.52. The van der Waals surface area contributed by atoms with Crippen LogP contribution in [0.25, 0.3) is 0 Å². The minimum absolute atomic E-state index is 0.141. The van der Waals surface area contributed by atoms with Crippen LogP contribution in [0.3, 0.4) is 0 Å². The van der Waals surface area contributed by atoms with Crippen molar-refractivity contribution in [1.82, 2.24) is 5.32 Å². The van der Waals surface area contributed by atoms with Gasteiger partial charge in [0.1, 0.15) is 23.7 Å². The Balaban J connectivity index is 1.76. The van der Waals surface area contributed by atoms with Gasteiger partial charge in [-0.25, -0.2) is 8.78 Å². The number of halogens is 2. The number of ketones is 2. The summed E-state index contributed by atoms with van der Waals surface area (Å²) in [6, 6.07) is 8.77. The van der Waals surface area contributed by atoms with E-state index in [4.69, 9.17) is 5.73 Å². The van der Waals surface area contributed by atoms with E-state index in [9.17, 15) is 23.2 Å². The minimum Gasteiger partial charge on any atom is -0.353 e. The molecule has 0 spiro atoms. The van der Waals surface area contributed by atoms with Crippen molar-refractivity contribution in [2.45, 2.75) is 31.5 Å². The smallest absolute Gasteiger partial charge is 0.224 e. The average Bonchev–Trinajstić information content (AvgIpc) is 2.65. The Labute approximate surface area is 166 Å². The van der Waals surface area contributed by atoms with Crippen molar-refractivity contribution in [3.8, 4) is 0 Å². The standard InChI is InChI=1S/C21H21F2N3O3/c1-11(25-17(27)9-12-7-13(22)10-14(23)8-12)19(28)18-15-5-3-4-6-16(15)26(2)21(24)20(18)29/h3-8,10-11,18,21H,9,24H2,1-2H3,(H,25,27)/t11-,18?,21?/m0/s1. The molecule has 3 N–H and O–H groups in total. The number of carbonyl (C=O) groups excluding carboxylic acids is 3. The molecule has 1 aliphatic rings. The molecule has 29 heavy (non-hydrogen) atoms. The molecule has 8 heteroatoms. The molecule has 1 aliphatic heterocycles. The third-order valence-electron chi connectivity index (χ3n) is 5.00. The largest absolute Gasteiger partial charge is 0.353 e. The fourth-order valence-electron chi connectivity index (χ4n) is 3.52. The number of nitrogens with one attached hydrogen (secondary N) is 1. The third-order valence-corrected chi connectivity index (χ3v) is 5.00. The second-order valence-corrected chi connectivity index (χ2v) is 7.10. The maximum absolute atomic E-state index is 13.3. The SMILES string of the molecule is C[C@H](NC(=O)Cc1cc(F)cc(F)c1)C(=O)C1C(=O)C(N)N(C)c2ccccc21. The number of fused-ring (bicyclic) bond motifs is 1. The number of benzene rings is 2. The molecule has 0 saturated carbocycles. The Bertz CT molecular complexity index is 959. The Kier molecular flexibility index (Phi) is 5.74. The molecule has 2 aromatic carbocycles. The van der Waals surface area contributed by atoms with E-state index in [-0.39, 0.29) is 12.0 Å². The zero-order chi connectivity index (χ0) is 21.3. The number of Topliss-reactive ketones (excluding diaryl/α,β-unsaturated/α-hetero) is 2. The van der Waals surface area contributed by atoms with Gasteiger partial charge in [-0.05, 0) is 36.2 Å². The van der Waals surface area contributed by atoms with Crippen LogP contribution in [0.2, 0.25) is 0 Å². The molecule has 6 nitrogen and oxygen atoms in total. The van der Waals surface area contributed by atoms with Crippen LogP contribution in [-0.2, 0) is 20.8 Å². The predicted octanol–water partition coefficient (Wildman–Crippen LogP) is 1.67. The summed E-state index contributed by atoms with van der Waals surface area (Å²) in [6.07, 6.45) is -1.28. The maximum Gasteiger partial charge on any atom is 0.224 e. The molecule has 1 amide bonds. The van der Waals surface area contributed by atoms with E-state index in [1.54, 1.807) is 36.2 Å². The summed E-state index contributed by atoms with van der Waals surface area (Å²) in [4.78, 5) is 39.6. The Morgan fingerprint density at radius 2 is 1.79 bits per heavy atom. The molecule has 2 unspecified atom stereocenters. The molecule has 1 heterocycles. The molecule has 0 saturated heterocycles. The summed E-state index contributed by atoms with van der Waals surface area (Å²) in [5.74, 6) is -4.22. The summed E-state index contributed by atoms with van der Waals surface area (Å²) in [5, 5.41) is 2.50. The summed E-state index contributed by atoms with van der Waals surface area (Å²) in [5.41, 5.74) is 7.30. The molecule has 3 rings (SSSR count). The van der Waals surface area contributed by atoms with Crippen LogP contribution in [0.15, 0.2) is 42.5 Å². The van der Waals surface area contributed by atoms with Gasteiger partial charge < -0.3 is 16.0 Å². The van der Waals surface area contributed by atoms with Crippen molar-refractivity contribution < 1.29 is 23.2 Å². The quantitative estimate of drug-likeness (QED) is 0.744. The number of nitrogens with two attached hydrogens (primary N) is 1.